The minimum atomic E-state index is -0.616. The zero-order valence-electron chi connectivity index (χ0n) is 12.1. The molecule has 118 valence electrons. The fourth-order valence-corrected chi connectivity index (χ4v) is 1.80. The van der Waals surface area contributed by atoms with Crippen LogP contribution in [-0.4, -0.2) is 29.0 Å². The Morgan fingerprint density at radius 2 is 2.09 bits per heavy atom. The van der Waals surface area contributed by atoms with Crippen LogP contribution < -0.4 is 10.7 Å². The number of hydrogen-bond donors (Lipinski definition) is 2. The third-order valence-corrected chi connectivity index (χ3v) is 2.86. The summed E-state index contributed by atoms with van der Waals surface area (Å²) >= 11 is 5.83. The molecule has 0 aliphatic rings. The summed E-state index contributed by atoms with van der Waals surface area (Å²) in [6.07, 6.45) is 0.0577. The van der Waals surface area contributed by atoms with Crippen molar-refractivity contribution in [3.63, 3.8) is 0 Å². The number of benzene rings is 1. The highest BCUT2D eigenvalue weighted by Gasteiger charge is 2.14. The van der Waals surface area contributed by atoms with E-state index in [-0.39, 0.29) is 28.6 Å². The predicted molar refractivity (Wildman–Crippen MR) is 82.0 cm³/mol. The Morgan fingerprint density at radius 1 is 1.41 bits per heavy atom. The molecule has 0 aliphatic heterocycles. The van der Waals surface area contributed by atoms with Crippen molar-refractivity contribution < 1.29 is 14.5 Å². The van der Waals surface area contributed by atoms with Crippen molar-refractivity contribution in [3.8, 4) is 0 Å². The van der Waals surface area contributed by atoms with E-state index in [0.29, 0.717) is 12.3 Å². The molecule has 0 radical (unpaired) electrons. The van der Waals surface area contributed by atoms with Gasteiger partial charge in [-0.15, -0.1) is 0 Å². The van der Waals surface area contributed by atoms with Crippen molar-refractivity contribution in [1.29, 1.82) is 0 Å². The molecule has 0 fully saturated rings. The summed E-state index contributed by atoms with van der Waals surface area (Å²) in [6.45, 7) is 3.90. The molecule has 0 bridgehead atoms. The Hall–Kier alpha value is -2.48. The Morgan fingerprint density at radius 3 is 2.64 bits per heavy atom. The van der Waals surface area contributed by atoms with Crippen LogP contribution in [0.1, 0.15) is 30.6 Å². The van der Waals surface area contributed by atoms with Gasteiger partial charge < -0.3 is 5.32 Å². The van der Waals surface area contributed by atoms with Crippen molar-refractivity contribution in [1.82, 2.24) is 10.7 Å². The molecule has 0 aliphatic carbocycles. The summed E-state index contributed by atoms with van der Waals surface area (Å²) < 4.78 is 0. The number of nitrogens with zero attached hydrogens (tertiary/aromatic N) is 2. The molecule has 0 spiro atoms. The van der Waals surface area contributed by atoms with Crippen LogP contribution >= 0.6 is 11.6 Å². The van der Waals surface area contributed by atoms with Crippen LogP contribution in [0.5, 0.6) is 0 Å². The largest absolute Gasteiger partial charge is 0.356 e. The number of rotatable bonds is 6. The van der Waals surface area contributed by atoms with Gasteiger partial charge in [-0.25, -0.2) is 5.43 Å². The standard InChI is InChI=1S/C13H15ClN4O4/c1-3-15-12(19)6-8(2)16-17-13(20)10-5-4-9(18(21)22)7-11(10)14/h4-5,7H,3,6H2,1-2H3,(H,15,19)(H,17,20)/b16-8+. The molecule has 0 heterocycles. The second kappa shape index (κ2) is 8.08. The van der Waals surface area contributed by atoms with Gasteiger partial charge in [0.2, 0.25) is 5.91 Å². The van der Waals surface area contributed by atoms with Crippen LogP contribution in [0, 0.1) is 10.1 Å². The quantitative estimate of drug-likeness (QED) is 0.472. The summed E-state index contributed by atoms with van der Waals surface area (Å²) in [5.41, 5.74) is 2.51. The Balaban J connectivity index is 2.73. The number of non-ortho nitro benzene ring substituents is 1. The van der Waals surface area contributed by atoms with E-state index in [1.807, 2.05) is 0 Å². The zero-order valence-corrected chi connectivity index (χ0v) is 12.8. The topological polar surface area (TPSA) is 114 Å². The van der Waals surface area contributed by atoms with Crippen molar-refractivity contribution >= 4 is 34.8 Å². The fourth-order valence-electron chi connectivity index (χ4n) is 1.54. The second-order valence-corrected chi connectivity index (χ2v) is 4.75. The maximum atomic E-state index is 11.9. The molecule has 0 unspecified atom stereocenters. The highest BCUT2D eigenvalue weighted by molar-refractivity contribution is 6.34. The Bertz CT molecular complexity index is 630. The molecule has 1 aromatic rings. The molecule has 8 nitrogen and oxygen atoms in total. The highest BCUT2D eigenvalue weighted by atomic mass is 35.5. The van der Waals surface area contributed by atoms with E-state index in [2.05, 4.69) is 15.8 Å². The van der Waals surface area contributed by atoms with Gasteiger partial charge in [-0.05, 0) is 19.9 Å². The van der Waals surface area contributed by atoms with Crippen LogP contribution in [0.15, 0.2) is 23.3 Å². The van der Waals surface area contributed by atoms with Gasteiger partial charge in [0.25, 0.3) is 11.6 Å². The van der Waals surface area contributed by atoms with Crippen molar-refractivity contribution in [2.75, 3.05) is 6.54 Å². The monoisotopic (exact) mass is 326 g/mol. The van der Waals surface area contributed by atoms with E-state index in [4.69, 9.17) is 11.6 Å². The van der Waals surface area contributed by atoms with E-state index < -0.39 is 10.8 Å². The molecule has 0 saturated carbocycles. The average molecular weight is 327 g/mol. The lowest BCUT2D eigenvalue weighted by Gasteiger charge is -2.05. The molecule has 1 aromatic carbocycles. The number of hydrogen-bond acceptors (Lipinski definition) is 5. The Kier molecular flexibility index (Phi) is 6.46. The first-order valence-electron chi connectivity index (χ1n) is 6.39. The normalized spacial score (nSPS) is 11.0. The third kappa shape index (κ3) is 5.13. The highest BCUT2D eigenvalue weighted by Crippen LogP contribution is 2.22. The van der Waals surface area contributed by atoms with E-state index in [9.17, 15) is 19.7 Å². The molecule has 2 amide bonds. The number of carbonyl (C=O) groups excluding carboxylic acids is 2. The first-order chi connectivity index (χ1) is 10.3. The van der Waals surface area contributed by atoms with Crippen LogP contribution in [0.2, 0.25) is 5.02 Å². The van der Waals surface area contributed by atoms with Gasteiger partial charge in [-0.3, -0.25) is 19.7 Å². The molecular weight excluding hydrogens is 312 g/mol. The molecule has 22 heavy (non-hydrogen) atoms. The number of amides is 2. The molecule has 0 aromatic heterocycles. The first-order valence-corrected chi connectivity index (χ1v) is 6.77. The van der Waals surface area contributed by atoms with Crippen molar-refractivity contribution in [2.24, 2.45) is 5.10 Å². The van der Waals surface area contributed by atoms with E-state index in [0.717, 1.165) is 6.07 Å². The number of hydrazone groups is 1. The third-order valence-electron chi connectivity index (χ3n) is 2.55. The average Bonchev–Trinajstić information content (AvgIpc) is 2.44. The molecule has 1 rings (SSSR count). The van der Waals surface area contributed by atoms with E-state index in [1.165, 1.54) is 12.1 Å². The second-order valence-electron chi connectivity index (χ2n) is 4.34. The number of halogens is 1. The predicted octanol–water partition coefficient (Wildman–Crippen LogP) is 1.88. The molecular formula is C13H15ClN4O4. The number of nitrogens with one attached hydrogen (secondary N) is 2. The fraction of sp³-hybridized carbons (Fsp3) is 0.308. The van der Waals surface area contributed by atoms with Gasteiger partial charge in [-0.2, -0.15) is 5.10 Å². The molecule has 2 N–H and O–H groups in total. The van der Waals surface area contributed by atoms with Crippen LogP contribution in [0.3, 0.4) is 0 Å². The minimum absolute atomic E-state index is 0.0525. The van der Waals surface area contributed by atoms with Gasteiger partial charge >= 0.3 is 0 Å². The smallest absolute Gasteiger partial charge is 0.272 e. The van der Waals surface area contributed by atoms with Gasteiger partial charge in [0.05, 0.1) is 21.9 Å². The maximum Gasteiger partial charge on any atom is 0.272 e. The van der Waals surface area contributed by atoms with Crippen LogP contribution in [0.25, 0.3) is 0 Å². The van der Waals surface area contributed by atoms with Crippen molar-refractivity contribution in [3.05, 3.63) is 38.9 Å². The maximum absolute atomic E-state index is 11.9. The summed E-state index contributed by atoms with van der Waals surface area (Å²) in [5.74, 6) is -0.818. The van der Waals surface area contributed by atoms with E-state index >= 15 is 0 Å². The lowest BCUT2D eigenvalue weighted by atomic mass is 10.2. The van der Waals surface area contributed by atoms with Gasteiger partial charge in [-0.1, -0.05) is 11.6 Å². The lowest BCUT2D eigenvalue weighted by molar-refractivity contribution is -0.384. The van der Waals surface area contributed by atoms with Crippen LogP contribution in [-0.2, 0) is 4.79 Å². The van der Waals surface area contributed by atoms with Gasteiger partial charge in [0.1, 0.15) is 0 Å². The first kappa shape index (κ1) is 17.6. The van der Waals surface area contributed by atoms with E-state index in [1.54, 1.807) is 13.8 Å². The molecule has 9 heteroatoms. The molecule has 0 atom stereocenters. The van der Waals surface area contributed by atoms with Crippen LogP contribution in [0.4, 0.5) is 5.69 Å². The number of nitro groups is 1. The number of nitro benzene ring substituents is 1. The van der Waals surface area contributed by atoms with Crippen molar-refractivity contribution in [2.45, 2.75) is 20.3 Å². The van der Waals surface area contributed by atoms with Gasteiger partial charge in [0, 0.05) is 24.4 Å². The van der Waals surface area contributed by atoms with Gasteiger partial charge in [0.15, 0.2) is 0 Å². The zero-order chi connectivity index (χ0) is 16.7. The minimum Gasteiger partial charge on any atom is -0.356 e. The lowest BCUT2D eigenvalue weighted by Crippen LogP contribution is -2.26. The molecule has 0 saturated heterocycles. The SMILES string of the molecule is CCNC(=O)C/C(C)=N/NC(=O)c1ccc([N+](=O)[O-])cc1Cl. The summed E-state index contributed by atoms with van der Waals surface area (Å²) in [5, 5.41) is 16.9. The summed E-state index contributed by atoms with van der Waals surface area (Å²) in [4.78, 5) is 33.2. The summed E-state index contributed by atoms with van der Waals surface area (Å²) in [6, 6.07) is 3.50. The number of carbonyl (C=O) groups is 2. The summed E-state index contributed by atoms with van der Waals surface area (Å²) in [7, 11) is 0. The Labute approximate surface area is 131 Å².